The zero-order chi connectivity index (χ0) is 14.7. The summed E-state index contributed by atoms with van der Waals surface area (Å²) in [5.41, 5.74) is 0.473. The second-order valence-corrected chi connectivity index (χ2v) is 5.71. The van der Waals surface area contributed by atoms with Gasteiger partial charge in [-0.05, 0) is 43.0 Å². The molecular weight excluding hydrogens is 257 g/mol. The van der Waals surface area contributed by atoms with Gasteiger partial charge in [0.25, 0.3) is 0 Å². The molecule has 1 aromatic rings. The van der Waals surface area contributed by atoms with Gasteiger partial charge in [0.1, 0.15) is 5.82 Å². The van der Waals surface area contributed by atoms with E-state index < -0.39 is 0 Å². The number of ketones is 1. The van der Waals surface area contributed by atoms with Gasteiger partial charge in [-0.3, -0.25) is 9.59 Å². The van der Waals surface area contributed by atoms with Crippen molar-refractivity contribution in [2.45, 2.75) is 39.2 Å². The van der Waals surface area contributed by atoms with Crippen LogP contribution in [0.2, 0.25) is 0 Å². The maximum atomic E-state index is 12.9. The SMILES string of the molecule is CC(C)CC(=O)N1CCCC1C(=O)c1ccc(F)cc1. The molecule has 1 aromatic carbocycles. The fraction of sp³-hybridized carbons (Fsp3) is 0.500. The van der Waals surface area contributed by atoms with Crippen molar-refractivity contribution >= 4 is 11.7 Å². The van der Waals surface area contributed by atoms with Gasteiger partial charge in [-0.15, -0.1) is 0 Å². The smallest absolute Gasteiger partial charge is 0.223 e. The molecule has 0 radical (unpaired) electrons. The first-order valence-electron chi connectivity index (χ1n) is 7.08. The van der Waals surface area contributed by atoms with E-state index in [2.05, 4.69) is 0 Å². The summed E-state index contributed by atoms with van der Waals surface area (Å²) in [6.07, 6.45) is 2.01. The molecular formula is C16H20FNO2. The third kappa shape index (κ3) is 3.24. The first kappa shape index (κ1) is 14.7. The highest BCUT2D eigenvalue weighted by molar-refractivity contribution is 6.02. The Balaban J connectivity index is 2.12. The number of carbonyl (C=O) groups is 2. The quantitative estimate of drug-likeness (QED) is 0.793. The van der Waals surface area contributed by atoms with Gasteiger partial charge in [0, 0.05) is 18.5 Å². The van der Waals surface area contributed by atoms with E-state index in [4.69, 9.17) is 0 Å². The molecule has 1 heterocycles. The lowest BCUT2D eigenvalue weighted by Crippen LogP contribution is -2.41. The van der Waals surface area contributed by atoms with Crippen LogP contribution in [0.1, 0.15) is 43.5 Å². The molecule has 0 saturated carbocycles. The molecule has 1 saturated heterocycles. The molecule has 20 heavy (non-hydrogen) atoms. The number of carbonyl (C=O) groups excluding carboxylic acids is 2. The first-order chi connectivity index (χ1) is 9.49. The first-order valence-corrected chi connectivity index (χ1v) is 7.08. The van der Waals surface area contributed by atoms with Crippen LogP contribution in [-0.4, -0.2) is 29.2 Å². The van der Waals surface area contributed by atoms with Crippen LogP contribution in [-0.2, 0) is 4.79 Å². The number of likely N-dealkylation sites (tertiary alicyclic amines) is 1. The molecule has 0 aromatic heterocycles. The standard InChI is InChI=1S/C16H20FNO2/c1-11(2)10-15(19)18-9-3-4-14(18)16(20)12-5-7-13(17)8-6-12/h5-8,11,14H,3-4,9-10H2,1-2H3. The predicted octanol–water partition coefficient (Wildman–Crippen LogP) is 3.05. The Morgan fingerprint density at radius 3 is 2.55 bits per heavy atom. The van der Waals surface area contributed by atoms with Crippen molar-refractivity contribution < 1.29 is 14.0 Å². The summed E-state index contributed by atoms with van der Waals surface area (Å²) in [7, 11) is 0. The van der Waals surface area contributed by atoms with E-state index in [0.29, 0.717) is 24.9 Å². The van der Waals surface area contributed by atoms with Crippen molar-refractivity contribution in [3.05, 3.63) is 35.6 Å². The normalized spacial score (nSPS) is 18.6. The van der Waals surface area contributed by atoms with Crippen molar-refractivity contribution in [1.82, 2.24) is 4.90 Å². The third-order valence-corrected chi connectivity index (χ3v) is 3.59. The van der Waals surface area contributed by atoms with E-state index in [1.807, 2.05) is 13.8 Å². The summed E-state index contributed by atoms with van der Waals surface area (Å²) in [5, 5.41) is 0. The molecule has 0 spiro atoms. The summed E-state index contributed by atoms with van der Waals surface area (Å²) in [5.74, 6) is -0.122. The van der Waals surface area contributed by atoms with Gasteiger partial charge in [0.2, 0.25) is 5.91 Å². The van der Waals surface area contributed by atoms with Gasteiger partial charge < -0.3 is 4.90 Å². The van der Waals surface area contributed by atoms with Crippen LogP contribution in [0.25, 0.3) is 0 Å². The maximum absolute atomic E-state index is 12.9. The van der Waals surface area contributed by atoms with Crippen LogP contribution >= 0.6 is 0 Å². The molecule has 0 aliphatic carbocycles. The van der Waals surface area contributed by atoms with Gasteiger partial charge in [0.05, 0.1) is 6.04 Å². The summed E-state index contributed by atoms with van der Waals surface area (Å²) >= 11 is 0. The third-order valence-electron chi connectivity index (χ3n) is 3.59. The monoisotopic (exact) mass is 277 g/mol. The Kier molecular flexibility index (Phi) is 4.53. The number of halogens is 1. The van der Waals surface area contributed by atoms with Crippen LogP contribution in [0.5, 0.6) is 0 Å². The van der Waals surface area contributed by atoms with Crippen molar-refractivity contribution in [2.75, 3.05) is 6.54 Å². The van der Waals surface area contributed by atoms with E-state index in [1.165, 1.54) is 24.3 Å². The van der Waals surface area contributed by atoms with Gasteiger partial charge in [-0.1, -0.05) is 13.8 Å². The van der Waals surface area contributed by atoms with Crippen LogP contribution in [0.4, 0.5) is 4.39 Å². The average molecular weight is 277 g/mol. The van der Waals surface area contributed by atoms with Crippen molar-refractivity contribution in [2.24, 2.45) is 5.92 Å². The highest BCUT2D eigenvalue weighted by Gasteiger charge is 2.34. The largest absolute Gasteiger partial charge is 0.332 e. The van der Waals surface area contributed by atoms with E-state index >= 15 is 0 Å². The molecule has 1 unspecified atom stereocenters. The summed E-state index contributed by atoms with van der Waals surface area (Å²) < 4.78 is 12.9. The van der Waals surface area contributed by atoms with Gasteiger partial charge in [-0.25, -0.2) is 4.39 Å². The zero-order valence-electron chi connectivity index (χ0n) is 11.9. The lowest BCUT2D eigenvalue weighted by atomic mass is 10.0. The molecule has 1 amide bonds. The van der Waals surface area contributed by atoms with Crippen molar-refractivity contribution in [3.63, 3.8) is 0 Å². The Labute approximate surface area is 118 Å². The van der Waals surface area contributed by atoms with Crippen LogP contribution < -0.4 is 0 Å². The Hall–Kier alpha value is -1.71. The molecule has 3 nitrogen and oxygen atoms in total. The van der Waals surface area contributed by atoms with Gasteiger partial charge >= 0.3 is 0 Å². The maximum Gasteiger partial charge on any atom is 0.223 e. The average Bonchev–Trinajstić information content (AvgIpc) is 2.87. The topological polar surface area (TPSA) is 37.4 Å². The fourth-order valence-corrected chi connectivity index (χ4v) is 2.61. The number of nitrogens with zero attached hydrogens (tertiary/aromatic N) is 1. The van der Waals surface area contributed by atoms with E-state index in [1.54, 1.807) is 4.90 Å². The van der Waals surface area contributed by atoms with Gasteiger partial charge in [0.15, 0.2) is 5.78 Å². The highest BCUT2D eigenvalue weighted by atomic mass is 19.1. The molecule has 1 aliphatic heterocycles. The second kappa shape index (κ2) is 6.16. The van der Waals surface area contributed by atoms with E-state index in [-0.39, 0.29) is 29.5 Å². The van der Waals surface area contributed by atoms with Crippen LogP contribution in [0.15, 0.2) is 24.3 Å². The predicted molar refractivity (Wildman–Crippen MR) is 74.9 cm³/mol. The zero-order valence-corrected chi connectivity index (χ0v) is 11.9. The second-order valence-electron chi connectivity index (χ2n) is 5.71. The van der Waals surface area contributed by atoms with Crippen molar-refractivity contribution in [1.29, 1.82) is 0 Å². The number of benzene rings is 1. The molecule has 4 heteroatoms. The molecule has 0 bridgehead atoms. The lowest BCUT2D eigenvalue weighted by molar-refractivity contribution is -0.132. The Morgan fingerprint density at radius 2 is 1.95 bits per heavy atom. The summed E-state index contributed by atoms with van der Waals surface area (Å²) in [6.45, 7) is 4.62. The molecule has 1 fully saturated rings. The number of rotatable bonds is 4. The van der Waals surface area contributed by atoms with Crippen LogP contribution in [0.3, 0.4) is 0 Å². The Bertz CT molecular complexity index is 496. The van der Waals surface area contributed by atoms with E-state index in [0.717, 1.165) is 6.42 Å². The van der Waals surface area contributed by atoms with Crippen LogP contribution in [0, 0.1) is 11.7 Å². The molecule has 2 rings (SSSR count). The number of Topliss-reactive ketones (excluding diaryl/α,β-unsaturated/α-hetero) is 1. The lowest BCUT2D eigenvalue weighted by Gasteiger charge is -2.24. The highest BCUT2D eigenvalue weighted by Crippen LogP contribution is 2.23. The number of amides is 1. The fourth-order valence-electron chi connectivity index (χ4n) is 2.61. The molecule has 108 valence electrons. The minimum Gasteiger partial charge on any atom is -0.332 e. The Morgan fingerprint density at radius 1 is 1.30 bits per heavy atom. The summed E-state index contributed by atoms with van der Waals surface area (Å²) in [6, 6.07) is 5.15. The van der Waals surface area contributed by atoms with Crippen molar-refractivity contribution in [3.8, 4) is 0 Å². The van der Waals surface area contributed by atoms with E-state index in [9.17, 15) is 14.0 Å². The minimum absolute atomic E-state index is 0.0398. The molecule has 0 N–H and O–H groups in total. The minimum atomic E-state index is -0.383. The molecule has 1 aliphatic rings. The number of hydrogen-bond donors (Lipinski definition) is 0. The van der Waals surface area contributed by atoms with Gasteiger partial charge in [-0.2, -0.15) is 0 Å². The molecule has 1 atom stereocenters. The number of hydrogen-bond acceptors (Lipinski definition) is 2. The summed E-state index contributed by atoms with van der Waals surface area (Å²) in [4.78, 5) is 26.3.